The van der Waals surface area contributed by atoms with E-state index in [4.69, 9.17) is 4.42 Å². The normalized spacial score (nSPS) is 10.7. The molecule has 0 unspecified atom stereocenters. The van der Waals surface area contributed by atoms with E-state index in [1.807, 2.05) is 59.2 Å². The molecule has 4 rings (SSSR count). The van der Waals surface area contributed by atoms with E-state index in [1.54, 1.807) is 18.7 Å². The third kappa shape index (κ3) is 4.29. The second-order valence-corrected chi connectivity index (χ2v) is 6.86. The standard InChI is InChI=1S/C20H17N5O2S/c26-18(22-16-7-2-1-3-8-16)14-28-20-24-23-19(15-6-4-10-21-12-15)25(20)13-17-9-5-11-27-17/h1-12H,13-14H2,(H,22,26). The molecule has 1 N–H and O–H groups in total. The van der Waals surface area contributed by atoms with E-state index in [-0.39, 0.29) is 11.7 Å². The van der Waals surface area contributed by atoms with E-state index >= 15 is 0 Å². The van der Waals surface area contributed by atoms with Crippen molar-refractivity contribution in [3.8, 4) is 11.4 Å². The smallest absolute Gasteiger partial charge is 0.234 e. The lowest BCUT2D eigenvalue weighted by atomic mass is 10.2. The summed E-state index contributed by atoms with van der Waals surface area (Å²) in [4.78, 5) is 16.4. The summed E-state index contributed by atoms with van der Waals surface area (Å²) < 4.78 is 7.40. The van der Waals surface area contributed by atoms with Gasteiger partial charge in [-0.2, -0.15) is 0 Å². The maximum atomic E-state index is 12.3. The van der Waals surface area contributed by atoms with E-state index in [9.17, 15) is 4.79 Å². The Labute approximate surface area is 165 Å². The highest BCUT2D eigenvalue weighted by Gasteiger charge is 2.17. The van der Waals surface area contributed by atoms with Crippen LogP contribution in [0.2, 0.25) is 0 Å². The molecular formula is C20H17N5O2S. The third-order valence-electron chi connectivity index (χ3n) is 3.92. The zero-order chi connectivity index (χ0) is 19.2. The average Bonchev–Trinajstić information content (AvgIpc) is 3.38. The van der Waals surface area contributed by atoms with Crippen LogP contribution in [0.5, 0.6) is 0 Å². The van der Waals surface area contributed by atoms with Crippen molar-refractivity contribution in [2.45, 2.75) is 11.7 Å². The van der Waals surface area contributed by atoms with Crippen LogP contribution in [0.15, 0.2) is 82.8 Å². The van der Waals surface area contributed by atoms with Crippen molar-refractivity contribution in [3.05, 3.63) is 79.0 Å². The molecule has 0 saturated heterocycles. The number of hydrogen-bond donors (Lipinski definition) is 1. The lowest BCUT2D eigenvalue weighted by Gasteiger charge is -2.09. The van der Waals surface area contributed by atoms with Crippen molar-refractivity contribution >= 4 is 23.4 Å². The van der Waals surface area contributed by atoms with Gasteiger partial charge in [-0.25, -0.2) is 0 Å². The number of thioether (sulfide) groups is 1. The maximum Gasteiger partial charge on any atom is 0.234 e. The molecule has 140 valence electrons. The fourth-order valence-corrected chi connectivity index (χ4v) is 3.39. The number of nitrogens with zero attached hydrogens (tertiary/aromatic N) is 4. The van der Waals surface area contributed by atoms with Crippen molar-refractivity contribution in [2.24, 2.45) is 0 Å². The second-order valence-electron chi connectivity index (χ2n) is 5.92. The predicted octanol–water partition coefficient (Wildman–Crippen LogP) is 3.71. The summed E-state index contributed by atoms with van der Waals surface area (Å²) in [5.41, 5.74) is 1.61. The molecule has 0 aliphatic carbocycles. The van der Waals surface area contributed by atoms with Crippen molar-refractivity contribution in [1.82, 2.24) is 19.7 Å². The lowest BCUT2D eigenvalue weighted by molar-refractivity contribution is -0.113. The van der Waals surface area contributed by atoms with Crippen LogP contribution in [0.25, 0.3) is 11.4 Å². The highest BCUT2D eigenvalue weighted by atomic mass is 32.2. The topological polar surface area (TPSA) is 85.8 Å². The molecule has 3 aromatic heterocycles. The molecule has 0 fully saturated rings. The summed E-state index contributed by atoms with van der Waals surface area (Å²) in [5, 5.41) is 12.1. The van der Waals surface area contributed by atoms with Crippen LogP contribution in [-0.2, 0) is 11.3 Å². The van der Waals surface area contributed by atoms with E-state index < -0.39 is 0 Å². The van der Waals surface area contributed by atoms with Gasteiger partial charge in [-0.05, 0) is 36.4 Å². The highest BCUT2D eigenvalue weighted by molar-refractivity contribution is 7.99. The van der Waals surface area contributed by atoms with Gasteiger partial charge in [-0.3, -0.25) is 14.3 Å². The number of rotatable bonds is 7. The predicted molar refractivity (Wildman–Crippen MR) is 107 cm³/mol. The monoisotopic (exact) mass is 391 g/mol. The van der Waals surface area contributed by atoms with Gasteiger partial charge >= 0.3 is 0 Å². The van der Waals surface area contributed by atoms with Gasteiger partial charge in [0.25, 0.3) is 0 Å². The van der Waals surface area contributed by atoms with Crippen LogP contribution >= 0.6 is 11.8 Å². The van der Waals surface area contributed by atoms with Crippen molar-refractivity contribution in [3.63, 3.8) is 0 Å². The Bertz CT molecular complexity index is 1030. The summed E-state index contributed by atoms with van der Waals surface area (Å²) in [5.74, 6) is 1.57. The molecule has 8 heteroatoms. The summed E-state index contributed by atoms with van der Waals surface area (Å²) in [7, 11) is 0. The lowest BCUT2D eigenvalue weighted by Crippen LogP contribution is -2.14. The number of furan rings is 1. The molecule has 0 spiro atoms. The minimum atomic E-state index is -0.105. The Morgan fingerprint density at radius 2 is 1.96 bits per heavy atom. The molecule has 0 bridgehead atoms. The minimum Gasteiger partial charge on any atom is -0.467 e. The number of carbonyl (C=O) groups excluding carboxylic acids is 1. The molecule has 1 aromatic carbocycles. The van der Waals surface area contributed by atoms with Crippen LogP contribution in [0.4, 0.5) is 5.69 Å². The summed E-state index contributed by atoms with van der Waals surface area (Å²) >= 11 is 1.33. The molecule has 0 aliphatic heterocycles. The summed E-state index contributed by atoms with van der Waals surface area (Å²) in [6, 6.07) is 16.9. The van der Waals surface area contributed by atoms with Crippen molar-refractivity contribution in [2.75, 3.05) is 11.1 Å². The number of pyridine rings is 1. The average molecular weight is 391 g/mol. The number of nitrogens with one attached hydrogen (secondary N) is 1. The molecule has 0 atom stereocenters. The van der Waals surface area contributed by atoms with E-state index in [2.05, 4.69) is 20.5 Å². The van der Waals surface area contributed by atoms with Gasteiger partial charge in [-0.15, -0.1) is 10.2 Å². The molecule has 0 radical (unpaired) electrons. The van der Waals surface area contributed by atoms with E-state index in [1.165, 1.54) is 11.8 Å². The van der Waals surface area contributed by atoms with Crippen LogP contribution in [-0.4, -0.2) is 31.4 Å². The minimum absolute atomic E-state index is 0.105. The molecule has 4 aromatic rings. The first-order valence-corrected chi connectivity index (χ1v) is 9.62. The van der Waals surface area contributed by atoms with Gasteiger partial charge in [-0.1, -0.05) is 30.0 Å². The molecule has 0 saturated carbocycles. The number of anilines is 1. The molecule has 1 amide bonds. The van der Waals surface area contributed by atoms with E-state index in [0.717, 1.165) is 17.0 Å². The van der Waals surface area contributed by atoms with Gasteiger partial charge in [0.15, 0.2) is 11.0 Å². The van der Waals surface area contributed by atoms with E-state index in [0.29, 0.717) is 17.5 Å². The van der Waals surface area contributed by atoms with Gasteiger partial charge in [0.1, 0.15) is 5.76 Å². The van der Waals surface area contributed by atoms with Crippen LogP contribution in [0.3, 0.4) is 0 Å². The maximum absolute atomic E-state index is 12.3. The van der Waals surface area contributed by atoms with Crippen LogP contribution < -0.4 is 5.32 Å². The number of aromatic nitrogens is 4. The number of carbonyl (C=O) groups is 1. The molecular weight excluding hydrogens is 374 g/mol. The first-order chi connectivity index (χ1) is 13.8. The molecule has 3 heterocycles. The number of hydrogen-bond acceptors (Lipinski definition) is 6. The van der Waals surface area contributed by atoms with Crippen LogP contribution in [0, 0.1) is 0 Å². The molecule has 0 aliphatic rings. The quantitative estimate of drug-likeness (QED) is 0.483. The fraction of sp³-hybridized carbons (Fsp3) is 0.100. The Morgan fingerprint density at radius 1 is 1.07 bits per heavy atom. The number of amides is 1. The van der Waals surface area contributed by atoms with Gasteiger partial charge in [0.05, 0.1) is 18.6 Å². The first kappa shape index (κ1) is 18.0. The third-order valence-corrected chi connectivity index (χ3v) is 4.89. The Hall–Kier alpha value is -3.39. The number of para-hydroxylation sites is 1. The zero-order valence-corrected chi connectivity index (χ0v) is 15.7. The van der Waals surface area contributed by atoms with Crippen molar-refractivity contribution in [1.29, 1.82) is 0 Å². The highest BCUT2D eigenvalue weighted by Crippen LogP contribution is 2.25. The summed E-state index contributed by atoms with van der Waals surface area (Å²) in [6.07, 6.45) is 5.07. The van der Waals surface area contributed by atoms with Crippen LogP contribution in [0.1, 0.15) is 5.76 Å². The Morgan fingerprint density at radius 3 is 2.71 bits per heavy atom. The largest absolute Gasteiger partial charge is 0.467 e. The van der Waals surface area contributed by atoms with Gasteiger partial charge in [0.2, 0.25) is 5.91 Å². The SMILES string of the molecule is O=C(CSc1nnc(-c2cccnc2)n1Cc1ccco1)Nc1ccccc1. The fourth-order valence-electron chi connectivity index (χ4n) is 2.65. The zero-order valence-electron chi connectivity index (χ0n) is 14.9. The Kier molecular flexibility index (Phi) is 5.48. The number of benzene rings is 1. The molecule has 28 heavy (non-hydrogen) atoms. The van der Waals surface area contributed by atoms with Crippen molar-refractivity contribution < 1.29 is 9.21 Å². The summed E-state index contributed by atoms with van der Waals surface area (Å²) in [6.45, 7) is 0.465. The first-order valence-electron chi connectivity index (χ1n) is 8.63. The second kappa shape index (κ2) is 8.53. The molecule has 7 nitrogen and oxygen atoms in total. The van der Waals surface area contributed by atoms with Gasteiger partial charge in [0, 0.05) is 23.6 Å². The Balaban J connectivity index is 1.53. The van der Waals surface area contributed by atoms with Gasteiger partial charge < -0.3 is 9.73 Å².